The van der Waals surface area contributed by atoms with Gasteiger partial charge >= 0.3 is 6.36 Å². The molecule has 1 nitrogen and oxygen atoms in total. The standard InChI is InChI=1S/C20H32F4O.C2H6/c1-13(2)6-7-14(3)15(4)8-9-16(5)17-10-11-19(18(21)12-17)25-20(22,23)24;1-2/h12-16H,6-11H2,1-5H3;1-2H3. The molecule has 0 spiro atoms. The van der Waals surface area contributed by atoms with E-state index in [1.807, 2.05) is 20.8 Å². The largest absolute Gasteiger partial charge is 0.572 e. The molecule has 0 heterocycles. The fourth-order valence-electron chi connectivity index (χ4n) is 3.18. The zero-order valence-electron chi connectivity index (χ0n) is 18.0. The molecule has 0 aliphatic heterocycles. The van der Waals surface area contributed by atoms with Gasteiger partial charge < -0.3 is 4.74 Å². The minimum absolute atomic E-state index is 0.0259. The second-order valence-electron chi connectivity index (χ2n) is 7.94. The number of allylic oxidation sites excluding steroid dienone is 4. The van der Waals surface area contributed by atoms with Crippen LogP contribution in [0.3, 0.4) is 0 Å². The molecule has 1 aliphatic rings. The van der Waals surface area contributed by atoms with Gasteiger partial charge in [-0.15, -0.1) is 13.2 Å². The molecule has 3 unspecified atom stereocenters. The number of ether oxygens (including phenoxy) is 1. The van der Waals surface area contributed by atoms with Crippen molar-refractivity contribution in [2.75, 3.05) is 0 Å². The van der Waals surface area contributed by atoms with Crippen LogP contribution < -0.4 is 0 Å². The maximum atomic E-state index is 13.9. The van der Waals surface area contributed by atoms with Crippen LogP contribution in [0.4, 0.5) is 17.6 Å². The van der Waals surface area contributed by atoms with E-state index in [2.05, 4.69) is 32.4 Å². The summed E-state index contributed by atoms with van der Waals surface area (Å²) in [5.74, 6) is 0.651. The first-order valence-electron chi connectivity index (χ1n) is 10.3. The van der Waals surface area contributed by atoms with Crippen molar-refractivity contribution in [3.63, 3.8) is 0 Å². The molecule has 160 valence electrons. The van der Waals surface area contributed by atoms with E-state index in [4.69, 9.17) is 0 Å². The Balaban J connectivity index is 0.00000326. The van der Waals surface area contributed by atoms with E-state index in [9.17, 15) is 17.6 Å². The summed E-state index contributed by atoms with van der Waals surface area (Å²) in [6.07, 6.45) is 1.23. The van der Waals surface area contributed by atoms with Crippen LogP contribution in [0.1, 0.15) is 87.0 Å². The van der Waals surface area contributed by atoms with Gasteiger partial charge in [0.05, 0.1) is 0 Å². The third-order valence-electron chi connectivity index (χ3n) is 5.32. The number of hydrogen-bond acceptors (Lipinski definition) is 1. The topological polar surface area (TPSA) is 9.23 Å². The predicted octanol–water partition coefficient (Wildman–Crippen LogP) is 8.58. The van der Waals surface area contributed by atoms with E-state index in [0.717, 1.165) is 18.4 Å². The van der Waals surface area contributed by atoms with Gasteiger partial charge in [0.15, 0.2) is 5.83 Å². The van der Waals surface area contributed by atoms with Crippen LogP contribution in [0, 0.1) is 23.7 Å². The summed E-state index contributed by atoms with van der Waals surface area (Å²) in [4.78, 5) is 0. The highest BCUT2D eigenvalue weighted by atomic mass is 19.4. The molecule has 0 aromatic heterocycles. The van der Waals surface area contributed by atoms with Crippen LogP contribution in [0.2, 0.25) is 0 Å². The van der Waals surface area contributed by atoms with E-state index in [1.54, 1.807) is 0 Å². The Morgan fingerprint density at radius 1 is 0.889 bits per heavy atom. The van der Waals surface area contributed by atoms with Crippen LogP contribution in [0.25, 0.3) is 0 Å². The zero-order chi connectivity index (χ0) is 21.2. The maximum Gasteiger partial charge on any atom is 0.572 e. The third-order valence-corrected chi connectivity index (χ3v) is 5.32. The van der Waals surface area contributed by atoms with Gasteiger partial charge in [-0.1, -0.05) is 66.9 Å². The molecule has 1 rings (SSSR count). The van der Waals surface area contributed by atoms with Crippen molar-refractivity contribution >= 4 is 0 Å². The van der Waals surface area contributed by atoms with Crippen molar-refractivity contribution < 1.29 is 22.3 Å². The van der Waals surface area contributed by atoms with E-state index in [-0.39, 0.29) is 12.3 Å². The second kappa shape index (κ2) is 12.5. The average molecular weight is 395 g/mol. The lowest BCUT2D eigenvalue weighted by atomic mass is 9.82. The summed E-state index contributed by atoms with van der Waals surface area (Å²) in [5, 5.41) is 0. The Morgan fingerprint density at radius 2 is 1.41 bits per heavy atom. The number of alkyl halides is 3. The first kappa shape index (κ1) is 26.0. The molecule has 3 atom stereocenters. The molecule has 0 saturated heterocycles. The van der Waals surface area contributed by atoms with Gasteiger partial charge in [-0.25, -0.2) is 4.39 Å². The van der Waals surface area contributed by atoms with Crippen LogP contribution in [0.5, 0.6) is 0 Å². The van der Waals surface area contributed by atoms with E-state index >= 15 is 0 Å². The maximum absolute atomic E-state index is 13.9. The van der Waals surface area contributed by atoms with Crippen LogP contribution >= 0.6 is 0 Å². The van der Waals surface area contributed by atoms with Crippen molar-refractivity contribution in [2.45, 2.75) is 93.4 Å². The van der Waals surface area contributed by atoms with Gasteiger partial charge in [0.1, 0.15) is 5.76 Å². The Morgan fingerprint density at radius 3 is 1.85 bits per heavy atom. The summed E-state index contributed by atoms with van der Waals surface area (Å²) >= 11 is 0. The SMILES string of the molecule is CC.CC(C)CCC(C)C(C)CCC(C)C1=CC(F)=C(OC(F)(F)F)CC1. The molecule has 0 aromatic rings. The highest BCUT2D eigenvalue weighted by Crippen LogP contribution is 2.35. The summed E-state index contributed by atoms with van der Waals surface area (Å²) in [7, 11) is 0. The highest BCUT2D eigenvalue weighted by Gasteiger charge is 2.34. The number of hydrogen-bond donors (Lipinski definition) is 0. The van der Waals surface area contributed by atoms with E-state index < -0.39 is 17.9 Å². The van der Waals surface area contributed by atoms with E-state index in [1.165, 1.54) is 18.9 Å². The molecule has 0 saturated carbocycles. The summed E-state index contributed by atoms with van der Waals surface area (Å²) in [6, 6.07) is 0. The first-order valence-corrected chi connectivity index (χ1v) is 10.3. The van der Waals surface area contributed by atoms with Crippen molar-refractivity contribution in [1.82, 2.24) is 0 Å². The summed E-state index contributed by atoms with van der Waals surface area (Å²) in [5.41, 5.74) is 0.883. The van der Waals surface area contributed by atoms with E-state index in [0.29, 0.717) is 24.2 Å². The molecule has 27 heavy (non-hydrogen) atoms. The van der Waals surface area contributed by atoms with Gasteiger partial charge in [-0.05, 0) is 49.0 Å². The first-order chi connectivity index (χ1) is 12.5. The van der Waals surface area contributed by atoms with Gasteiger partial charge in [-0.3, -0.25) is 0 Å². The van der Waals surface area contributed by atoms with Crippen molar-refractivity contribution in [2.24, 2.45) is 23.7 Å². The Hall–Kier alpha value is -1.00. The summed E-state index contributed by atoms with van der Waals surface area (Å²) < 4.78 is 54.3. The lowest BCUT2D eigenvalue weighted by Crippen LogP contribution is -2.16. The Bertz CT molecular complexity index is 477. The minimum Gasteiger partial charge on any atom is -0.407 e. The highest BCUT2D eigenvalue weighted by molar-refractivity contribution is 5.27. The molecule has 0 amide bonds. The molecule has 0 radical (unpaired) electrons. The number of rotatable bonds is 9. The lowest BCUT2D eigenvalue weighted by molar-refractivity contribution is -0.307. The molecule has 0 N–H and O–H groups in total. The normalized spacial score (nSPS) is 18.4. The van der Waals surface area contributed by atoms with Crippen LogP contribution in [-0.4, -0.2) is 6.36 Å². The monoisotopic (exact) mass is 394 g/mol. The zero-order valence-corrected chi connectivity index (χ0v) is 18.0. The Kier molecular flexibility index (Phi) is 12.0. The smallest absolute Gasteiger partial charge is 0.407 e. The summed E-state index contributed by atoms with van der Waals surface area (Å²) in [6.45, 7) is 15.0. The van der Waals surface area contributed by atoms with Gasteiger partial charge in [0, 0.05) is 6.42 Å². The fraction of sp³-hybridized carbons (Fsp3) is 0.818. The molecule has 0 fully saturated rings. The molecule has 0 bridgehead atoms. The average Bonchev–Trinajstić information content (AvgIpc) is 2.59. The number of halogens is 4. The van der Waals surface area contributed by atoms with Gasteiger partial charge in [-0.2, -0.15) is 0 Å². The fourth-order valence-corrected chi connectivity index (χ4v) is 3.18. The van der Waals surface area contributed by atoms with Crippen LogP contribution in [-0.2, 0) is 4.74 Å². The predicted molar refractivity (Wildman–Crippen MR) is 105 cm³/mol. The molecule has 1 aliphatic carbocycles. The molecular formula is C22H38F4O. The molecule has 0 aromatic carbocycles. The van der Waals surface area contributed by atoms with Crippen LogP contribution in [0.15, 0.2) is 23.2 Å². The quantitative estimate of drug-likeness (QED) is 0.356. The molecular weight excluding hydrogens is 356 g/mol. The van der Waals surface area contributed by atoms with Crippen molar-refractivity contribution in [3.8, 4) is 0 Å². The van der Waals surface area contributed by atoms with Gasteiger partial charge in [0.2, 0.25) is 0 Å². The third kappa shape index (κ3) is 10.8. The van der Waals surface area contributed by atoms with Gasteiger partial charge in [0.25, 0.3) is 0 Å². The molecule has 5 heteroatoms. The second-order valence-corrected chi connectivity index (χ2v) is 7.94. The van der Waals surface area contributed by atoms with Crippen molar-refractivity contribution in [1.29, 1.82) is 0 Å². The Labute approximate surface area is 163 Å². The lowest BCUT2D eigenvalue weighted by Gasteiger charge is -2.25. The van der Waals surface area contributed by atoms with Crippen molar-refractivity contribution in [3.05, 3.63) is 23.2 Å². The minimum atomic E-state index is -4.83.